The van der Waals surface area contributed by atoms with Crippen molar-refractivity contribution >= 4 is 16.8 Å². The SMILES string of the molecule is CCCN1CCN(CCCNC(=O)C2CCN(Cc3cn(C)c4ccc(OC)cc34)CC2)CC1. The standard InChI is InChI=1S/C27H43N5O2/c1-4-11-30-15-17-31(18-16-30)12-5-10-28-27(33)22-8-13-32(14-9-22)21-23-20-29(2)26-7-6-24(34-3)19-25(23)26/h6-7,19-20,22H,4-5,8-18,21H2,1-3H3,(H,28,33). The second-order valence-corrected chi connectivity index (χ2v) is 10.0. The number of piperidine rings is 1. The lowest BCUT2D eigenvalue weighted by molar-refractivity contribution is -0.126. The molecule has 2 saturated heterocycles. The fraction of sp³-hybridized carbons (Fsp3) is 0.667. The predicted molar refractivity (Wildman–Crippen MR) is 138 cm³/mol. The van der Waals surface area contributed by atoms with Crippen molar-refractivity contribution in [1.82, 2.24) is 24.6 Å². The molecule has 0 aliphatic carbocycles. The number of nitrogens with zero attached hydrogens (tertiary/aromatic N) is 4. The summed E-state index contributed by atoms with van der Waals surface area (Å²) in [6, 6.07) is 6.28. The third-order valence-electron chi connectivity index (χ3n) is 7.59. The Morgan fingerprint density at radius 3 is 2.41 bits per heavy atom. The number of benzene rings is 1. The van der Waals surface area contributed by atoms with Crippen molar-refractivity contribution in [2.75, 3.05) is 66.0 Å². The molecule has 0 atom stereocenters. The maximum atomic E-state index is 12.7. The first-order chi connectivity index (χ1) is 16.6. The molecule has 7 heteroatoms. The highest BCUT2D eigenvalue weighted by Crippen LogP contribution is 2.28. The number of aryl methyl sites for hydroxylation is 1. The van der Waals surface area contributed by atoms with Crippen LogP contribution in [-0.2, 0) is 18.4 Å². The Bertz CT molecular complexity index is 926. The second-order valence-electron chi connectivity index (χ2n) is 10.0. The molecule has 1 aromatic carbocycles. The molecule has 1 N–H and O–H groups in total. The molecule has 0 saturated carbocycles. The number of carbonyl (C=O) groups excluding carboxylic acids is 1. The Hall–Kier alpha value is -2.09. The number of nitrogens with one attached hydrogen (secondary N) is 1. The van der Waals surface area contributed by atoms with Crippen molar-refractivity contribution in [3.05, 3.63) is 30.0 Å². The molecule has 188 valence electrons. The first-order valence-corrected chi connectivity index (χ1v) is 13.1. The molecule has 2 fully saturated rings. The molecule has 1 aromatic heterocycles. The number of hydrogen-bond donors (Lipinski definition) is 1. The third kappa shape index (κ3) is 6.32. The Balaban J connectivity index is 1.16. The van der Waals surface area contributed by atoms with Crippen molar-refractivity contribution in [2.24, 2.45) is 13.0 Å². The smallest absolute Gasteiger partial charge is 0.223 e. The van der Waals surface area contributed by atoms with E-state index < -0.39 is 0 Å². The molecule has 4 rings (SSSR count). The summed E-state index contributed by atoms with van der Waals surface area (Å²) in [5.41, 5.74) is 2.56. The maximum absolute atomic E-state index is 12.7. The van der Waals surface area contributed by atoms with Crippen LogP contribution in [0, 0.1) is 5.92 Å². The number of hydrogen-bond acceptors (Lipinski definition) is 5. The summed E-state index contributed by atoms with van der Waals surface area (Å²) in [5.74, 6) is 1.30. The molecular formula is C27H43N5O2. The number of piperazine rings is 1. The summed E-state index contributed by atoms with van der Waals surface area (Å²) < 4.78 is 7.62. The van der Waals surface area contributed by atoms with Crippen molar-refractivity contribution < 1.29 is 9.53 Å². The zero-order valence-corrected chi connectivity index (χ0v) is 21.4. The molecular weight excluding hydrogens is 426 g/mol. The Morgan fingerprint density at radius 2 is 1.74 bits per heavy atom. The van der Waals surface area contributed by atoms with Gasteiger partial charge in [0.15, 0.2) is 0 Å². The Kier molecular flexibility index (Phi) is 8.86. The minimum atomic E-state index is 0.154. The highest BCUT2D eigenvalue weighted by Gasteiger charge is 2.25. The lowest BCUT2D eigenvalue weighted by Crippen LogP contribution is -2.47. The van der Waals surface area contributed by atoms with E-state index in [0.717, 1.165) is 70.8 Å². The highest BCUT2D eigenvalue weighted by atomic mass is 16.5. The van der Waals surface area contributed by atoms with Crippen molar-refractivity contribution in [3.63, 3.8) is 0 Å². The summed E-state index contributed by atoms with van der Waals surface area (Å²) in [5, 5.41) is 4.47. The normalized spacial score (nSPS) is 19.0. The van der Waals surface area contributed by atoms with Gasteiger partial charge in [0.1, 0.15) is 5.75 Å². The van der Waals surface area contributed by atoms with Crippen LogP contribution in [0.1, 0.15) is 38.2 Å². The van der Waals surface area contributed by atoms with Crippen LogP contribution in [0.2, 0.25) is 0 Å². The van der Waals surface area contributed by atoms with Gasteiger partial charge in [0.05, 0.1) is 7.11 Å². The summed E-state index contributed by atoms with van der Waals surface area (Å²) in [6.45, 7) is 12.9. The van der Waals surface area contributed by atoms with Crippen molar-refractivity contribution in [3.8, 4) is 5.75 Å². The minimum absolute atomic E-state index is 0.154. The second kappa shape index (κ2) is 12.0. The molecule has 2 aliphatic heterocycles. The van der Waals surface area contributed by atoms with Gasteiger partial charge < -0.3 is 24.4 Å². The van der Waals surface area contributed by atoms with Gasteiger partial charge in [-0.15, -0.1) is 0 Å². The van der Waals surface area contributed by atoms with Gasteiger partial charge in [-0.25, -0.2) is 0 Å². The van der Waals surface area contributed by atoms with Crippen LogP contribution >= 0.6 is 0 Å². The summed E-state index contributed by atoms with van der Waals surface area (Å²) in [7, 11) is 3.81. The average molecular weight is 470 g/mol. The van der Waals surface area contributed by atoms with Crippen LogP contribution in [0.25, 0.3) is 10.9 Å². The van der Waals surface area contributed by atoms with Gasteiger partial charge in [-0.3, -0.25) is 9.69 Å². The number of likely N-dealkylation sites (tertiary alicyclic amines) is 1. The Labute approximate surface area is 205 Å². The third-order valence-corrected chi connectivity index (χ3v) is 7.59. The van der Waals surface area contributed by atoms with Crippen LogP contribution in [0.3, 0.4) is 0 Å². The van der Waals surface area contributed by atoms with Crippen LogP contribution in [-0.4, -0.2) is 91.2 Å². The summed E-state index contributed by atoms with van der Waals surface area (Å²) in [4.78, 5) is 20.3. The van der Waals surface area contributed by atoms with Gasteiger partial charge in [0.25, 0.3) is 0 Å². The minimum Gasteiger partial charge on any atom is -0.497 e. The van der Waals surface area contributed by atoms with Gasteiger partial charge in [-0.1, -0.05) is 6.92 Å². The number of carbonyl (C=O) groups is 1. The molecule has 2 aromatic rings. The molecule has 1 amide bonds. The Morgan fingerprint density at radius 1 is 1.03 bits per heavy atom. The van der Waals surface area contributed by atoms with Gasteiger partial charge in [-0.2, -0.15) is 0 Å². The van der Waals surface area contributed by atoms with Crippen molar-refractivity contribution in [1.29, 1.82) is 0 Å². The van der Waals surface area contributed by atoms with E-state index in [0.29, 0.717) is 0 Å². The molecule has 2 aliphatic rings. The predicted octanol–water partition coefficient (Wildman–Crippen LogP) is 2.93. The van der Waals surface area contributed by atoms with Crippen LogP contribution in [0.4, 0.5) is 0 Å². The van der Waals surface area contributed by atoms with Crippen molar-refractivity contribution in [2.45, 2.75) is 39.2 Å². The zero-order valence-electron chi connectivity index (χ0n) is 21.4. The van der Waals surface area contributed by atoms with Crippen LogP contribution in [0.15, 0.2) is 24.4 Å². The first-order valence-electron chi connectivity index (χ1n) is 13.1. The molecule has 7 nitrogen and oxygen atoms in total. The number of rotatable bonds is 10. The topological polar surface area (TPSA) is 53.0 Å². The molecule has 3 heterocycles. The first kappa shape index (κ1) is 25.0. The number of methoxy groups -OCH3 is 1. The molecule has 0 spiro atoms. The molecule has 0 radical (unpaired) electrons. The van der Waals surface area contributed by atoms with Crippen LogP contribution < -0.4 is 10.1 Å². The number of amides is 1. The van der Waals surface area contributed by atoms with E-state index >= 15 is 0 Å². The van der Waals surface area contributed by atoms with Crippen LogP contribution in [0.5, 0.6) is 5.75 Å². The monoisotopic (exact) mass is 469 g/mol. The van der Waals surface area contributed by atoms with Gasteiger partial charge in [0, 0.05) is 69.3 Å². The average Bonchev–Trinajstić information content (AvgIpc) is 3.17. The van der Waals surface area contributed by atoms with E-state index in [9.17, 15) is 4.79 Å². The van der Waals surface area contributed by atoms with Gasteiger partial charge >= 0.3 is 0 Å². The molecule has 34 heavy (non-hydrogen) atoms. The van der Waals surface area contributed by atoms with E-state index in [-0.39, 0.29) is 11.8 Å². The fourth-order valence-corrected chi connectivity index (χ4v) is 5.51. The largest absolute Gasteiger partial charge is 0.497 e. The van der Waals surface area contributed by atoms with Gasteiger partial charge in [0.2, 0.25) is 5.91 Å². The number of fused-ring (bicyclic) bond motifs is 1. The number of ether oxygens (including phenoxy) is 1. The van der Waals surface area contributed by atoms with Gasteiger partial charge in [-0.05, 0) is 75.6 Å². The van der Waals surface area contributed by atoms with E-state index in [4.69, 9.17) is 4.74 Å². The maximum Gasteiger partial charge on any atom is 0.223 e. The quantitative estimate of drug-likeness (QED) is 0.543. The van der Waals surface area contributed by atoms with E-state index in [1.807, 2.05) is 6.07 Å². The zero-order chi connectivity index (χ0) is 23.9. The summed E-state index contributed by atoms with van der Waals surface area (Å²) in [6.07, 6.45) is 6.40. The summed E-state index contributed by atoms with van der Waals surface area (Å²) >= 11 is 0. The number of aromatic nitrogens is 1. The molecule has 0 unspecified atom stereocenters. The van der Waals surface area contributed by atoms with E-state index in [2.05, 4.69) is 56.9 Å². The molecule has 0 bridgehead atoms. The highest BCUT2D eigenvalue weighted by molar-refractivity contribution is 5.85. The lowest BCUT2D eigenvalue weighted by atomic mass is 9.95. The van der Waals surface area contributed by atoms with E-state index in [1.54, 1.807) is 7.11 Å². The fourth-order valence-electron chi connectivity index (χ4n) is 5.51. The lowest BCUT2D eigenvalue weighted by Gasteiger charge is -2.34. The van der Waals surface area contributed by atoms with E-state index in [1.165, 1.54) is 42.5 Å².